The van der Waals surface area contributed by atoms with Crippen LogP contribution in [0, 0.1) is 5.41 Å². The minimum Gasteiger partial charge on any atom is -1.00 e. The summed E-state index contributed by atoms with van der Waals surface area (Å²) in [7, 11) is 0. The topological polar surface area (TPSA) is 105 Å². The maximum absolute atomic E-state index is 10.5. The molecule has 2 amide bonds. The molecule has 0 bridgehead atoms. The Morgan fingerprint density at radius 2 is 1.56 bits per heavy atom. The Labute approximate surface area is 119 Å². The summed E-state index contributed by atoms with van der Waals surface area (Å²) in [4.78, 5) is 20.9. The molecule has 0 rings (SSSR count). The molecule has 6 nitrogen and oxygen atoms in total. The van der Waals surface area contributed by atoms with Crippen LogP contribution in [0.15, 0.2) is 0 Å². The first kappa shape index (κ1) is 17.9. The molecule has 0 heterocycles. The third-order valence-corrected chi connectivity index (χ3v) is 1.98. The third-order valence-electron chi connectivity index (χ3n) is 1.98. The number of primary amides is 2. The van der Waals surface area contributed by atoms with Gasteiger partial charge in [0.05, 0.1) is 0 Å². The molecule has 4 N–H and O–H groups in total. The summed E-state index contributed by atoms with van der Waals surface area (Å²) >= 11 is 0. The molecular formula is C9H19N2NaO4. The molecular weight excluding hydrogens is 223 g/mol. The van der Waals surface area contributed by atoms with Crippen molar-refractivity contribution in [2.75, 3.05) is 13.2 Å². The van der Waals surface area contributed by atoms with E-state index in [9.17, 15) is 9.59 Å². The molecule has 0 aliphatic carbocycles. The summed E-state index contributed by atoms with van der Waals surface area (Å²) in [6.45, 7) is 4.04. The first-order chi connectivity index (χ1) is 6.89. The summed E-state index contributed by atoms with van der Waals surface area (Å²) in [6, 6.07) is 0. The van der Waals surface area contributed by atoms with Crippen LogP contribution < -0.4 is 41.0 Å². The van der Waals surface area contributed by atoms with E-state index >= 15 is 0 Å². The summed E-state index contributed by atoms with van der Waals surface area (Å²) in [5.41, 5.74) is 9.28. The molecule has 0 saturated carbocycles. The molecule has 0 unspecified atom stereocenters. The number of carbonyl (C=O) groups excluding carboxylic acids is 2. The van der Waals surface area contributed by atoms with Gasteiger partial charge >= 0.3 is 41.7 Å². The minimum atomic E-state index is -0.837. The van der Waals surface area contributed by atoms with Crippen LogP contribution in [0.1, 0.15) is 28.1 Å². The number of amides is 2. The van der Waals surface area contributed by atoms with E-state index in [4.69, 9.17) is 20.9 Å². The van der Waals surface area contributed by atoms with Gasteiger partial charge in [-0.2, -0.15) is 0 Å². The van der Waals surface area contributed by atoms with Crippen molar-refractivity contribution in [3.05, 3.63) is 0 Å². The number of hydrogen-bond donors (Lipinski definition) is 2. The van der Waals surface area contributed by atoms with Gasteiger partial charge in [-0.3, -0.25) is 0 Å². The molecule has 0 spiro atoms. The van der Waals surface area contributed by atoms with Crippen LogP contribution in [0.5, 0.6) is 0 Å². The van der Waals surface area contributed by atoms with Crippen molar-refractivity contribution in [2.24, 2.45) is 16.9 Å². The van der Waals surface area contributed by atoms with Crippen molar-refractivity contribution in [3.63, 3.8) is 0 Å². The van der Waals surface area contributed by atoms with Crippen molar-refractivity contribution >= 4 is 12.2 Å². The van der Waals surface area contributed by atoms with E-state index in [1.54, 1.807) is 0 Å². The van der Waals surface area contributed by atoms with Gasteiger partial charge in [0, 0.05) is 5.41 Å². The quantitative estimate of drug-likeness (QED) is 0.531. The number of nitrogens with two attached hydrogens (primary N) is 2. The van der Waals surface area contributed by atoms with E-state index in [1.807, 2.05) is 13.8 Å². The van der Waals surface area contributed by atoms with Gasteiger partial charge < -0.3 is 22.4 Å². The van der Waals surface area contributed by atoms with Gasteiger partial charge in [-0.15, -0.1) is 0 Å². The standard InChI is InChI=1S/C9H18N2O4.Na.H/c1-3-4-9(2,5-14-7(10)12)6-15-8(11)13;;/h3-6H2,1-2H3,(H2,10,12)(H2,11,13);;/q;+1;-1. The van der Waals surface area contributed by atoms with E-state index in [2.05, 4.69) is 0 Å². The van der Waals surface area contributed by atoms with Crippen LogP contribution in [0.4, 0.5) is 9.59 Å². The number of carbonyl (C=O) groups is 2. The molecule has 16 heavy (non-hydrogen) atoms. The Kier molecular flexibility index (Phi) is 9.70. The third kappa shape index (κ3) is 8.82. The second kappa shape index (κ2) is 8.66. The monoisotopic (exact) mass is 242 g/mol. The average molecular weight is 242 g/mol. The first-order valence-corrected chi connectivity index (χ1v) is 4.74. The molecule has 0 aromatic rings. The van der Waals surface area contributed by atoms with Crippen molar-refractivity contribution in [2.45, 2.75) is 26.7 Å². The Balaban J connectivity index is -0.000000980. The summed E-state index contributed by atoms with van der Waals surface area (Å²) in [6.07, 6.45) is -0.0540. The van der Waals surface area contributed by atoms with Gasteiger partial charge in [-0.05, 0) is 6.42 Å². The molecule has 0 aromatic heterocycles. The molecule has 7 heteroatoms. The predicted octanol–water partition coefficient (Wildman–Crippen LogP) is -1.90. The van der Waals surface area contributed by atoms with Crippen LogP contribution in [0.2, 0.25) is 0 Å². The van der Waals surface area contributed by atoms with Crippen LogP contribution in [0.25, 0.3) is 0 Å². The average Bonchev–Trinajstić information content (AvgIpc) is 2.13. The fourth-order valence-electron chi connectivity index (χ4n) is 1.28. The predicted molar refractivity (Wildman–Crippen MR) is 55.2 cm³/mol. The second-order valence-electron chi connectivity index (χ2n) is 3.78. The smallest absolute Gasteiger partial charge is 1.00 e. The largest absolute Gasteiger partial charge is 1.00 e. The maximum atomic E-state index is 10.5. The first-order valence-electron chi connectivity index (χ1n) is 4.74. The zero-order valence-corrected chi connectivity index (χ0v) is 12.1. The van der Waals surface area contributed by atoms with Crippen LogP contribution in [-0.4, -0.2) is 25.4 Å². The number of ether oxygens (including phenoxy) is 2. The Morgan fingerprint density at radius 1 is 1.19 bits per heavy atom. The van der Waals surface area contributed by atoms with Crippen molar-refractivity contribution < 1.29 is 50.0 Å². The van der Waals surface area contributed by atoms with E-state index in [1.165, 1.54) is 0 Å². The molecule has 0 aliphatic heterocycles. The van der Waals surface area contributed by atoms with Crippen molar-refractivity contribution in [3.8, 4) is 0 Å². The van der Waals surface area contributed by atoms with Crippen LogP contribution in [-0.2, 0) is 9.47 Å². The molecule has 0 fully saturated rings. The molecule has 90 valence electrons. The zero-order valence-electron chi connectivity index (χ0n) is 11.1. The molecule has 0 aromatic carbocycles. The van der Waals surface area contributed by atoms with Gasteiger partial charge in [-0.25, -0.2) is 9.59 Å². The Morgan fingerprint density at radius 3 is 1.81 bits per heavy atom. The van der Waals surface area contributed by atoms with E-state index in [0.29, 0.717) is 0 Å². The zero-order chi connectivity index (χ0) is 11.9. The van der Waals surface area contributed by atoms with Gasteiger partial charge in [-0.1, -0.05) is 20.3 Å². The van der Waals surface area contributed by atoms with E-state index < -0.39 is 17.6 Å². The van der Waals surface area contributed by atoms with Crippen LogP contribution in [0.3, 0.4) is 0 Å². The minimum absolute atomic E-state index is 0. The van der Waals surface area contributed by atoms with Crippen molar-refractivity contribution in [1.82, 2.24) is 0 Å². The van der Waals surface area contributed by atoms with E-state index in [-0.39, 0.29) is 44.2 Å². The van der Waals surface area contributed by atoms with Gasteiger partial charge in [0.2, 0.25) is 0 Å². The summed E-state index contributed by atoms with van der Waals surface area (Å²) in [5.74, 6) is 0. The molecule has 0 saturated heterocycles. The van der Waals surface area contributed by atoms with Crippen LogP contribution >= 0.6 is 0 Å². The Bertz CT molecular complexity index is 223. The van der Waals surface area contributed by atoms with Crippen molar-refractivity contribution in [1.29, 1.82) is 0 Å². The summed E-state index contributed by atoms with van der Waals surface area (Å²) < 4.78 is 9.40. The van der Waals surface area contributed by atoms with Gasteiger partial charge in [0.25, 0.3) is 0 Å². The Hall–Kier alpha value is -0.460. The fraction of sp³-hybridized carbons (Fsp3) is 0.778. The fourth-order valence-corrected chi connectivity index (χ4v) is 1.28. The van der Waals surface area contributed by atoms with Gasteiger partial charge in [0.1, 0.15) is 13.2 Å². The SMILES string of the molecule is CCCC(C)(COC(N)=O)COC(N)=O.[H-].[Na+]. The molecule has 0 radical (unpaired) electrons. The maximum Gasteiger partial charge on any atom is 1.00 e. The number of rotatable bonds is 6. The molecule has 0 atom stereocenters. The van der Waals surface area contributed by atoms with E-state index in [0.717, 1.165) is 12.8 Å². The number of hydrogen-bond acceptors (Lipinski definition) is 4. The summed E-state index contributed by atoms with van der Waals surface area (Å²) in [5, 5.41) is 0. The normalized spacial score (nSPS) is 10.1. The second-order valence-corrected chi connectivity index (χ2v) is 3.78. The van der Waals surface area contributed by atoms with Gasteiger partial charge in [0.15, 0.2) is 0 Å². The molecule has 0 aliphatic rings.